The molecule has 0 saturated heterocycles. The van der Waals surface area contributed by atoms with Crippen molar-refractivity contribution in [3.05, 3.63) is 47.0 Å². The summed E-state index contributed by atoms with van der Waals surface area (Å²) in [5.41, 5.74) is 3.92. The van der Waals surface area contributed by atoms with Crippen molar-refractivity contribution in [2.24, 2.45) is 0 Å². The van der Waals surface area contributed by atoms with Crippen molar-refractivity contribution in [1.82, 2.24) is 0 Å². The lowest BCUT2D eigenvalue weighted by molar-refractivity contribution is 0.283. The molecule has 0 saturated carbocycles. The summed E-state index contributed by atoms with van der Waals surface area (Å²) in [4.78, 5) is 0. The van der Waals surface area contributed by atoms with Crippen LogP contribution in [-0.2, 0) is 19.4 Å². The molecule has 0 aromatic heterocycles. The summed E-state index contributed by atoms with van der Waals surface area (Å²) < 4.78 is 0. The van der Waals surface area contributed by atoms with Crippen molar-refractivity contribution < 1.29 is 5.11 Å². The van der Waals surface area contributed by atoms with Gasteiger partial charge in [0.25, 0.3) is 0 Å². The molecule has 0 spiro atoms. The van der Waals surface area contributed by atoms with Gasteiger partial charge in [0.1, 0.15) is 0 Å². The monoisotopic (exact) mass is 184 g/mol. The van der Waals surface area contributed by atoms with E-state index in [1.165, 1.54) is 21.9 Å². The van der Waals surface area contributed by atoms with E-state index in [1.807, 2.05) is 6.07 Å². The van der Waals surface area contributed by atoms with Gasteiger partial charge in [0.15, 0.2) is 0 Å². The summed E-state index contributed by atoms with van der Waals surface area (Å²) in [7, 11) is 0. The Morgan fingerprint density at radius 3 is 2.57 bits per heavy atom. The van der Waals surface area contributed by atoms with Gasteiger partial charge in [0.05, 0.1) is 6.61 Å². The first-order chi connectivity index (χ1) is 6.90. The fourth-order valence-corrected chi connectivity index (χ4v) is 2.45. The maximum atomic E-state index is 9.24. The molecule has 1 heteroatoms. The van der Waals surface area contributed by atoms with Gasteiger partial charge in [0.2, 0.25) is 0 Å². The van der Waals surface area contributed by atoms with Crippen LogP contribution in [0.2, 0.25) is 0 Å². The van der Waals surface area contributed by atoms with Crippen molar-refractivity contribution in [2.75, 3.05) is 0 Å². The van der Waals surface area contributed by atoms with Gasteiger partial charge in [-0.2, -0.15) is 0 Å². The number of aliphatic hydroxyl groups is 1. The Hall–Kier alpha value is -1.34. The van der Waals surface area contributed by atoms with Crippen LogP contribution in [-0.4, -0.2) is 5.11 Å². The van der Waals surface area contributed by atoms with E-state index >= 15 is 0 Å². The molecule has 0 amide bonds. The SMILES string of the molecule is OCc1ccc2c3c(cccc13)CC2. The zero-order valence-corrected chi connectivity index (χ0v) is 7.96. The zero-order valence-electron chi connectivity index (χ0n) is 7.96. The van der Waals surface area contributed by atoms with Crippen LogP contribution in [0.25, 0.3) is 10.8 Å². The van der Waals surface area contributed by atoms with Crippen molar-refractivity contribution in [2.45, 2.75) is 19.4 Å². The first-order valence-corrected chi connectivity index (χ1v) is 5.03. The first kappa shape index (κ1) is 8.01. The van der Waals surface area contributed by atoms with E-state index in [9.17, 15) is 5.11 Å². The molecular weight excluding hydrogens is 172 g/mol. The number of aliphatic hydroxyl groups excluding tert-OH is 1. The standard InChI is InChI=1S/C13H12O/c14-8-11-7-6-10-5-4-9-2-1-3-12(11)13(9)10/h1-3,6-7,14H,4-5,8H2. The Kier molecular flexibility index (Phi) is 1.62. The van der Waals surface area contributed by atoms with E-state index in [-0.39, 0.29) is 6.61 Å². The van der Waals surface area contributed by atoms with Gasteiger partial charge in [-0.15, -0.1) is 0 Å². The minimum atomic E-state index is 0.139. The van der Waals surface area contributed by atoms with E-state index in [0.717, 1.165) is 18.4 Å². The Morgan fingerprint density at radius 1 is 1.00 bits per heavy atom. The van der Waals surface area contributed by atoms with E-state index in [2.05, 4.69) is 24.3 Å². The Morgan fingerprint density at radius 2 is 1.79 bits per heavy atom. The average Bonchev–Trinajstić information content (AvgIpc) is 2.65. The number of hydrogen-bond donors (Lipinski definition) is 1. The lowest BCUT2D eigenvalue weighted by Gasteiger charge is -2.05. The predicted octanol–water partition coefficient (Wildman–Crippen LogP) is 2.43. The van der Waals surface area contributed by atoms with Crippen molar-refractivity contribution in [3.63, 3.8) is 0 Å². The smallest absolute Gasteiger partial charge is 0.0687 e. The molecule has 1 aliphatic rings. The van der Waals surface area contributed by atoms with Crippen molar-refractivity contribution >= 4 is 10.8 Å². The second-order valence-corrected chi connectivity index (χ2v) is 3.88. The minimum absolute atomic E-state index is 0.139. The molecule has 0 heterocycles. The lowest BCUT2D eigenvalue weighted by atomic mass is 10.0. The molecule has 2 aromatic rings. The van der Waals surface area contributed by atoms with Crippen LogP contribution in [0.1, 0.15) is 16.7 Å². The zero-order chi connectivity index (χ0) is 9.54. The quantitative estimate of drug-likeness (QED) is 0.721. The van der Waals surface area contributed by atoms with Gasteiger partial charge in [0, 0.05) is 0 Å². The number of rotatable bonds is 1. The first-order valence-electron chi connectivity index (χ1n) is 5.03. The van der Waals surface area contributed by atoms with Crippen molar-refractivity contribution in [3.8, 4) is 0 Å². The molecule has 3 rings (SSSR count). The van der Waals surface area contributed by atoms with Gasteiger partial charge >= 0.3 is 0 Å². The van der Waals surface area contributed by atoms with Crippen LogP contribution in [0.15, 0.2) is 30.3 Å². The molecule has 14 heavy (non-hydrogen) atoms. The maximum absolute atomic E-state index is 9.24. The summed E-state index contributed by atoms with van der Waals surface area (Å²) in [6, 6.07) is 10.6. The van der Waals surface area contributed by atoms with E-state index < -0.39 is 0 Å². The molecular formula is C13H12O. The molecule has 0 fully saturated rings. The van der Waals surface area contributed by atoms with Crippen LogP contribution >= 0.6 is 0 Å². The van der Waals surface area contributed by atoms with E-state index in [0.29, 0.717) is 0 Å². The molecule has 0 bridgehead atoms. The van der Waals surface area contributed by atoms with Gasteiger partial charge in [-0.3, -0.25) is 0 Å². The number of benzene rings is 2. The molecule has 1 aliphatic carbocycles. The van der Waals surface area contributed by atoms with Crippen LogP contribution in [0.5, 0.6) is 0 Å². The maximum Gasteiger partial charge on any atom is 0.0687 e. The lowest BCUT2D eigenvalue weighted by Crippen LogP contribution is -1.87. The molecule has 0 atom stereocenters. The highest BCUT2D eigenvalue weighted by Gasteiger charge is 2.14. The predicted molar refractivity (Wildman–Crippen MR) is 57.3 cm³/mol. The fraction of sp³-hybridized carbons (Fsp3) is 0.231. The third-order valence-electron chi connectivity index (χ3n) is 3.14. The minimum Gasteiger partial charge on any atom is -0.392 e. The molecule has 1 nitrogen and oxygen atoms in total. The highest BCUT2D eigenvalue weighted by atomic mass is 16.3. The molecule has 1 N–H and O–H groups in total. The van der Waals surface area contributed by atoms with E-state index in [1.54, 1.807) is 0 Å². The molecule has 0 radical (unpaired) electrons. The molecule has 2 aromatic carbocycles. The second-order valence-electron chi connectivity index (χ2n) is 3.88. The van der Waals surface area contributed by atoms with Crippen LogP contribution in [0.4, 0.5) is 0 Å². The fourth-order valence-electron chi connectivity index (χ4n) is 2.45. The normalized spacial score (nSPS) is 13.8. The van der Waals surface area contributed by atoms with Gasteiger partial charge in [-0.05, 0) is 40.3 Å². The third-order valence-corrected chi connectivity index (χ3v) is 3.14. The molecule has 0 aliphatic heterocycles. The highest BCUT2D eigenvalue weighted by Crippen LogP contribution is 2.32. The molecule has 70 valence electrons. The van der Waals surface area contributed by atoms with Gasteiger partial charge in [-0.1, -0.05) is 30.3 Å². The summed E-state index contributed by atoms with van der Waals surface area (Å²) in [5.74, 6) is 0. The summed E-state index contributed by atoms with van der Waals surface area (Å²) in [6.45, 7) is 0.139. The highest BCUT2D eigenvalue weighted by molar-refractivity contribution is 5.93. The Balaban J connectivity index is 2.48. The summed E-state index contributed by atoms with van der Waals surface area (Å²) in [5, 5.41) is 11.9. The average molecular weight is 184 g/mol. The summed E-state index contributed by atoms with van der Waals surface area (Å²) in [6.07, 6.45) is 2.31. The third kappa shape index (κ3) is 0.933. The summed E-state index contributed by atoms with van der Waals surface area (Å²) >= 11 is 0. The largest absolute Gasteiger partial charge is 0.392 e. The second kappa shape index (κ2) is 2.82. The van der Waals surface area contributed by atoms with Gasteiger partial charge < -0.3 is 5.11 Å². The number of aryl methyl sites for hydroxylation is 2. The van der Waals surface area contributed by atoms with Crippen molar-refractivity contribution in [1.29, 1.82) is 0 Å². The van der Waals surface area contributed by atoms with E-state index in [4.69, 9.17) is 0 Å². The number of hydrogen-bond acceptors (Lipinski definition) is 1. The van der Waals surface area contributed by atoms with Gasteiger partial charge in [-0.25, -0.2) is 0 Å². The van der Waals surface area contributed by atoms with Crippen LogP contribution < -0.4 is 0 Å². The topological polar surface area (TPSA) is 20.2 Å². The van der Waals surface area contributed by atoms with Crippen LogP contribution in [0.3, 0.4) is 0 Å². The Labute approximate surface area is 83.0 Å². The molecule has 0 unspecified atom stereocenters. The van der Waals surface area contributed by atoms with Crippen LogP contribution in [0, 0.1) is 0 Å². The Bertz CT molecular complexity index is 490.